The van der Waals surface area contributed by atoms with Gasteiger partial charge in [0.15, 0.2) is 0 Å². The highest BCUT2D eigenvalue weighted by Gasteiger charge is 2.37. The number of carboxylic acids is 1. The smallest absolute Gasteiger partial charge is 0.340 e. The van der Waals surface area contributed by atoms with Crippen molar-refractivity contribution in [3.63, 3.8) is 0 Å². The average Bonchev–Trinajstić information content (AvgIpc) is 2.45. The first kappa shape index (κ1) is 11.9. The molecule has 90 valence electrons. The van der Waals surface area contributed by atoms with Gasteiger partial charge in [-0.3, -0.25) is 0 Å². The normalized spacial score (nSPS) is 19.1. The minimum absolute atomic E-state index is 0.0659. The Kier molecular flexibility index (Phi) is 3.63. The van der Waals surface area contributed by atoms with Gasteiger partial charge in [0.1, 0.15) is 22.3 Å². The molecule has 0 aliphatic carbocycles. The van der Waals surface area contributed by atoms with Crippen LogP contribution in [0, 0.1) is 0 Å². The summed E-state index contributed by atoms with van der Waals surface area (Å²) in [5, 5.41) is 14.4. The third kappa shape index (κ3) is 2.76. The predicted molar refractivity (Wildman–Crippen MR) is 62.5 cm³/mol. The Bertz CT molecular complexity index is 450. The number of carboxylic acid groups (broad SMARTS) is 1. The van der Waals surface area contributed by atoms with Crippen LogP contribution >= 0.6 is 0 Å². The van der Waals surface area contributed by atoms with Gasteiger partial charge in [-0.15, -0.1) is 0 Å². The molecule has 0 radical (unpaired) electrons. The molecule has 0 bridgehead atoms. The van der Waals surface area contributed by atoms with E-state index in [1.165, 1.54) is 0 Å². The van der Waals surface area contributed by atoms with Gasteiger partial charge in [-0.2, -0.15) is 0 Å². The van der Waals surface area contributed by atoms with Crippen LogP contribution in [0.15, 0.2) is 23.4 Å². The Hall–Kier alpha value is -1.56. The van der Waals surface area contributed by atoms with E-state index in [0.717, 1.165) is 5.69 Å². The van der Waals surface area contributed by atoms with Gasteiger partial charge in [0.25, 0.3) is 5.03 Å². The van der Waals surface area contributed by atoms with Gasteiger partial charge >= 0.3 is 5.12 Å². The molecule has 0 spiro atoms. The van der Waals surface area contributed by atoms with Crippen molar-refractivity contribution >= 4 is 27.7 Å². The van der Waals surface area contributed by atoms with Crippen molar-refractivity contribution in [3.05, 3.63) is 18.3 Å². The highest BCUT2D eigenvalue weighted by atomic mass is 32.2. The van der Waals surface area contributed by atoms with Crippen LogP contribution in [0.2, 0.25) is 0 Å². The molecule has 0 amide bonds. The molecule has 1 N–H and O–H groups in total. The summed E-state index contributed by atoms with van der Waals surface area (Å²) in [7, 11) is -0.736. The molecule has 1 unspecified atom stereocenters. The third-order valence-electron chi connectivity index (χ3n) is 2.43. The number of aromatic nitrogens is 1. The summed E-state index contributed by atoms with van der Waals surface area (Å²) < 4.78 is 0. The second kappa shape index (κ2) is 5.18. The first-order valence-corrected chi connectivity index (χ1v) is 6.70. The summed E-state index contributed by atoms with van der Waals surface area (Å²) in [4.78, 5) is 26.6. The molecule has 0 aromatic carbocycles. The number of anilines is 1. The Morgan fingerprint density at radius 2 is 2.41 bits per heavy atom. The summed E-state index contributed by atoms with van der Waals surface area (Å²) in [6.45, 7) is 0.576. The summed E-state index contributed by atoms with van der Waals surface area (Å²) in [5.74, 6) is -0.840. The van der Waals surface area contributed by atoms with E-state index in [4.69, 9.17) is 0 Å². The van der Waals surface area contributed by atoms with Crippen LogP contribution in [0.5, 0.6) is 0 Å². The van der Waals surface area contributed by atoms with E-state index in [1.54, 1.807) is 12.3 Å². The van der Waals surface area contributed by atoms with E-state index in [1.807, 2.05) is 6.07 Å². The number of hydrogen-bond donors (Lipinski definition) is 1. The summed E-state index contributed by atoms with van der Waals surface area (Å²) >= 11 is 0. The minimum Gasteiger partial charge on any atom is -0.550 e. The van der Waals surface area contributed by atoms with Crippen molar-refractivity contribution in [3.8, 4) is 0 Å². The Morgan fingerprint density at radius 3 is 3.18 bits per heavy atom. The lowest BCUT2D eigenvalue weighted by molar-refractivity contribution is -0.305. The lowest BCUT2D eigenvalue weighted by Crippen LogP contribution is -2.28. The second-order valence-corrected chi connectivity index (χ2v) is 5.65. The number of rotatable bonds is 3. The summed E-state index contributed by atoms with van der Waals surface area (Å²) in [5.41, 5.74) is 0.833. The molecule has 1 atom stereocenters. The quantitative estimate of drug-likeness (QED) is 0.736. The zero-order chi connectivity index (χ0) is 12.3. The molecule has 1 aromatic rings. The fourth-order valence-corrected chi connectivity index (χ4v) is 3.60. The monoisotopic (exact) mass is 252 g/mol. The molecule has 5 nitrogen and oxygen atoms in total. The highest BCUT2D eigenvalue weighted by Crippen LogP contribution is 2.26. The van der Waals surface area contributed by atoms with Gasteiger partial charge < -0.3 is 15.2 Å². The standard InChI is InChI=1S/C11H12N2O3S/c14-9(15)4-7-17-10(16)3-6-12-8-2-1-5-13-11(8)17/h1-2,5,12H,3-4,6-7H2. The zero-order valence-electron chi connectivity index (χ0n) is 9.14. The summed E-state index contributed by atoms with van der Waals surface area (Å²) in [6, 6.07) is 3.65. The van der Waals surface area contributed by atoms with E-state index < -0.39 is 16.9 Å². The van der Waals surface area contributed by atoms with Crippen molar-refractivity contribution in [1.82, 2.24) is 4.98 Å². The van der Waals surface area contributed by atoms with E-state index >= 15 is 0 Å². The first-order valence-electron chi connectivity index (χ1n) is 5.31. The summed E-state index contributed by atoms with van der Waals surface area (Å²) in [6.07, 6.45) is 1.93. The number of pyridine rings is 1. The van der Waals surface area contributed by atoms with Gasteiger partial charge in [0.2, 0.25) is 0 Å². The minimum atomic E-state index is -1.13. The van der Waals surface area contributed by atoms with Crippen molar-refractivity contribution in [2.75, 3.05) is 17.6 Å². The first-order chi connectivity index (χ1) is 8.18. The topological polar surface area (TPSA) is 82.1 Å². The number of aliphatic carboxylic acids is 1. The lowest BCUT2D eigenvalue weighted by atomic mass is 10.4. The number of nitrogens with one attached hydrogen (secondary N) is 1. The second-order valence-electron chi connectivity index (χ2n) is 3.62. The molecule has 0 saturated heterocycles. The fraction of sp³-hybridized carbons (Fsp3) is 0.364. The number of hydrogen-bond acceptors (Lipinski definition) is 5. The third-order valence-corrected chi connectivity index (χ3v) is 4.59. The van der Waals surface area contributed by atoms with Crippen molar-refractivity contribution < 1.29 is 14.7 Å². The molecule has 2 heterocycles. The van der Waals surface area contributed by atoms with Gasteiger partial charge in [0, 0.05) is 25.1 Å². The Morgan fingerprint density at radius 1 is 1.59 bits per heavy atom. The molecule has 0 saturated carbocycles. The molecule has 17 heavy (non-hydrogen) atoms. The van der Waals surface area contributed by atoms with E-state index in [-0.39, 0.29) is 17.3 Å². The molecule has 0 fully saturated rings. The van der Waals surface area contributed by atoms with Crippen molar-refractivity contribution in [2.24, 2.45) is 0 Å². The van der Waals surface area contributed by atoms with Crippen LogP contribution in [-0.2, 0) is 20.5 Å². The van der Waals surface area contributed by atoms with Crippen LogP contribution in [0.25, 0.3) is 0 Å². The number of carbonyl (C=O) groups excluding carboxylic acids is 2. The molecular formula is C11H12N2O3S. The maximum atomic E-state index is 11.9. The SMILES string of the molecule is O=C([O-])CC[S+]1C(=O)CCNc2cccnc21. The fourth-order valence-electron chi connectivity index (χ4n) is 1.65. The van der Waals surface area contributed by atoms with Gasteiger partial charge in [-0.25, -0.2) is 9.78 Å². The Labute approximate surface area is 102 Å². The number of carbonyl (C=O) groups is 2. The van der Waals surface area contributed by atoms with Gasteiger partial charge in [0.05, 0.1) is 6.42 Å². The number of nitrogens with zero attached hydrogens (tertiary/aromatic N) is 1. The average molecular weight is 252 g/mol. The number of fused-ring (bicyclic) bond motifs is 1. The highest BCUT2D eigenvalue weighted by molar-refractivity contribution is 8.11. The maximum absolute atomic E-state index is 11.9. The zero-order valence-corrected chi connectivity index (χ0v) is 9.96. The van der Waals surface area contributed by atoms with Gasteiger partial charge in [-0.1, -0.05) is 0 Å². The molecule has 1 aliphatic heterocycles. The molecular weight excluding hydrogens is 240 g/mol. The maximum Gasteiger partial charge on any atom is 0.340 e. The molecule has 2 rings (SSSR count). The molecule has 6 heteroatoms. The van der Waals surface area contributed by atoms with Crippen molar-refractivity contribution in [1.29, 1.82) is 0 Å². The van der Waals surface area contributed by atoms with Crippen molar-refractivity contribution in [2.45, 2.75) is 17.9 Å². The van der Waals surface area contributed by atoms with Crippen LogP contribution in [0.1, 0.15) is 12.8 Å². The molecule has 1 aliphatic rings. The predicted octanol–water partition coefficient (Wildman–Crippen LogP) is -0.459. The Balaban J connectivity index is 2.27. The largest absolute Gasteiger partial charge is 0.550 e. The molecule has 1 aromatic heterocycles. The van der Waals surface area contributed by atoms with Gasteiger partial charge in [-0.05, 0) is 12.1 Å². The van der Waals surface area contributed by atoms with Crippen LogP contribution in [0.4, 0.5) is 5.69 Å². The van der Waals surface area contributed by atoms with E-state index in [0.29, 0.717) is 18.0 Å². The van der Waals surface area contributed by atoms with E-state index in [2.05, 4.69) is 10.3 Å². The van der Waals surface area contributed by atoms with Crippen LogP contribution in [-0.4, -0.2) is 28.4 Å². The van der Waals surface area contributed by atoms with Crippen LogP contribution in [0.3, 0.4) is 0 Å². The van der Waals surface area contributed by atoms with Crippen LogP contribution < -0.4 is 10.4 Å². The van der Waals surface area contributed by atoms with E-state index in [9.17, 15) is 14.7 Å². The lowest BCUT2D eigenvalue weighted by Gasteiger charge is -2.05.